The first-order valence-corrected chi connectivity index (χ1v) is 4.18. The summed E-state index contributed by atoms with van der Waals surface area (Å²) in [6, 6.07) is 1.37. The maximum Gasteiger partial charge on any atom is 0.387 e. The third-order valence-corrected chi connectivity index (χ3v) is 2.02. The second kappa shape index (κ2) is 4.12. The van der Waals surface area contributed by atoms with Crippen LogP contribution in [0.1, 0.15) is 0 Å². The van der Waals surface area contributed by atoms with Gasteiger partial charge in [0.15, 0.2) is 11.6 Å². The summed E-state index contributed by atoms with van der Waals surface area (Å²) < 4.78 is 52.4. The summed E-state index contributed by atoms with van der Waals surface area (Å²) in [6.07, 6.45) is 0. The maximum absolute atomic E-state index is 12.7. The number of ether oxygens (including phenoxy) is 1. The lowest BCUT2D eigenvalue weighted by atomic mass is 10.3. The van der Waals surface area contributed by atoms with Gasteiger partial charge in [0.05, 0.1) is 3.57 Å². The molecule has 6 heteroatoms. The van der Waals surface area contributed by atoms with Gasteiger partial charge in [-0.25, -0.2) is 8.78 Å². The molecule has 0 fully saturated rings. The monoisotopic (exact) mass is 306 g/mol. The smallest absolute Gasteiger partial charge is 0.387 e. The van der Waals surface area contributed by atoms with Crippen LogP contribution < -0.4 is 4.74 Å². The van der Waals surface area contributed by atoms with E-state index < -0.39 is 24.0 Å². The van der Waals surface area contributed by atoms with Crippen molar-refractivity contribution in [3.8, 4) is 5.75 Å². The predicted molar refractivity (Wildman–Crippen MR) is 45.7 cm³/mol. The Hall–Kier alpha value is -0.530. The zero-order valence-corrected chi connectivity index (χ0v) is 8.19. The van der Waals surface area contributed by atoms with Crippen molar-refractivity contribution in [3.05, 3.63) is 27.3 Å². The Morgan fingerprint density at radius 1 is 1.15 bits per heavy atom. The molecule has 0 bridgehead atoms. The first-order valence-electron chi connectivity index (χ1n) is 3.10. The van der Waals surface area contributed by atoms with E-state index in [-0.39, 0.29) is 3.57 Å². The Balaban J connectivity index is 3.01. The molecule has 0 atom stereocenters. The van der Waals surface area contributed by atoms with Crippen LogP contribution in [0.25, 0.3) is 0 Å². The highest BCUT2D eigenvalue weighted by atomic mass is 127. The van der Waals surface area contributed by atoms with Gasteiger partial charge in [0, 0.05) is 6.07 Å². The summed E-state index contributed by atoms with van der Waals surface area (Å²) in [6.45, 7) is -3.12. The fraction of sp³-hybridized carbons (Fsp3) is 0.143. The minimum Gasteiger partial charge on any atom is -0.432 e. The van der Waals surface area contributed by atoms with Crippen LogP contribution in [0.5, 0.6) is 5.75 Å². The number of hydrogen-bond acceptors (Lipinski definition) is 1. The summed E-state index contributed by atoms with van der Waals surface area (Å²) in [5, 5.41) is 0. The molecule has 0 saturated carbocycles. The molecule has 0 aliphatic carbocycles. The van der Waals surface area contributed by atoms with E-state index in [4.69, 9.17) is 0 Å². The highest BCUT2D eigenvalue weighted by molar-refractivity contribution is 14.1. The average molecular weight is 306 g/mol. The largest absolute Gasteiger partial charge is 0.432 e. The van der Waals surface area contributed by atoms with E-state index in [1.807, 2.05) is 0 Å². The van der Waals surface area contributed by atoms with Gasteiger partial charge in [0.25, 0.3) is 0 Å². The van der Waals surface area contributed by atoms with Gasteiger partial charge in [-0.1, -0.05) is 0 Å². The zero-order valence-electron chi connectivity index (χ0n) is 6.03. The minimum atomic E-state index is -3.12. The normalized spacial score (nSPS) is 10.6. The molecule has 0 unspecified atom stereocenters. The van der Waals surface area contributed by atoms with E-state index in [9.17, 15) is 17.6 Å². The molecular formula is C7H3F4IO. The number of halogens is 5. The van der Waals surface area contributed by atoms with E-state index in [1.165, 1.54) is 0 Å². The number of rotatable bonds is 2. The quantitative estimate of drug-likeness (QED) is 0.463. The van der Waals surface area contributed by atoms with Crippen LogP contribution in [0.4, 0.5) is 17.6 Å². The van der Waals surface area contributed by atoms with Crippen LogP contribution in [-0.2, 0) is 0 Å². The Bertz CT molecular complexity index is 316. The van der Waals surface area contributed by atoms with Crippen molar-refractivity contribution in [2.24, 2.45) is 0 Å². The van der Waals surface area contributed by atoms with Gasteiger partial charge >= 0.3 is 6.61 Å². The topological polar surface area (TPSA) is 9.23 Å². The molecule has 0 heterocycles. The van der Waals surface area contributed by atoms with E-state index >= 15 is 0 Å². The molecule has 0 amide bonds. The summed E-state index contributed by atoms with van der Waals surface area (Å²) in [4.78, 5) is 0. The number of benzene rings is 1. The third-order valence-electron chi connectivity index (χ3n) is 1.19. The Morgan fingerprint density at radius 2 is 1.77 bits per heavy atom. The third kappa shape index (κ3) is 2.71. The Morgan fingerprint density at radius 3 is 2.31 bits per heavy atom. The van der Waals surface area contributed by atoms with E-state index in [2.05, 4.69) is 4.74 Å². The SMILES string of the molecule is Fc1cc(F)c(OC(F)F)cc1I. The van der Waals surface area contributed by atoms with Crippen LogP contribution in [0, 0.1) is 15.2 Å². The summed E-state index contributed by atoms with van der Waals surface area (Å²) in [5.74, 6) is -2.60. The van der Waals surface area contributed by atoms with Crippen LogP contribution in [0.2, 0.25) is 0 Å². The van der Waals surface area contributed by atoms with Gasteiger partial charge in [0.2, 0.25) is 0 Å². The van der Waals surface area contributed by atoms with E-state index in [0.29, 0.717) is 6.07 Å². The lowest BCUT2D eigenvalue weighted by Gasteiger charge is -2.05. The van der Waals surface area contributed by atoms with Gasteiger partial charge in [-0.2, -0.15) is 8.78 Å². The summed E-state index contributed by atoms with van der Waals surface area (Å²) >= 11 is 1.55. The molecule has 1 nitrogen and oxygen atoms in total. The van der Waals surface area contributed by atoms with Crippen LogP contribution >= 0.6 is 22.6 Å². The van der Waals surface area contributed by atoms with Gasteiger partial charge in [-0.15, -0.1) is 0 Å². The number of hydrogen-bond donors (Lipinski definition) is 0. The first-order chi connectivity index (χ1) is 6.00. The van der Waals surface area contributed by atoms with Crippen molar-refractivity contribution in [3.63, 3.8) is 0 Å². The molecule has 0 aliphatic heterocycles. The molecule has 0 aliphatic rings. The zero-order chi connectivity index (χ0) is 10.0. The predicted octanol–water partition coefficient (Wildman–Crippen LogP) is 3.17. The fourth-order valence-electron chi connectivity index (χ4n) is 0.691. The first kappa shape index (κ1) is 10.6. The van der Waals surface area contributed by atoms with Crippen LogP contribution in [0.15, 0.2) is 12.1 Å². The van der Waals surface area contributed by atoms with Gasteiger partial charge < -0.3 is 4.74 Å². The summed E-state index contributed by atoms with van der Waals surface area (Å²) in [5.41, 5.74) is 0. The second-order valence-electron chi connectivity index (χ2n) is 2.08. The van der Waals surface area contributed by atoms with Gasteiger partial charge in [0.1, 0.15) is 5.82 Å². The van der Waals surface area contributed by atoms with Crippen molar-refractivity contribution < 1.29 is 22.3 Å². The van der Waals surface area contributed by atoms with E-state index in [0.717, 1.165) is 6.07 Å². The molecule has 0 spiro atoms. The standard InChI is InChI=1S/C7H3F4IO/c8-3-1-4(9)6(2-5(3)12)13-7(10)11/h1-2,7H. The molecule has 0 aromatic heterocycles. The van der Waals surface area contributed by atoms with Crippen molar-refractivity contribution in [2.45, 2.75) is 6.61 Å². The van der Waals surface area contributed by atoms with Crippen molar-refractivity contribution in [2.75, 3.05) is 0 Å². The average Bonchev–Trinajstić information content (AvgIpc) is 1.99. The van der Waals surface area contributed by atoms with Crippen molar-refractivity contribution >= 4 is 22.6 Å². The molecule has 0 saturated heterocycles. The van der Waals surface area contributed by atoms with Crippen LogP contribution in [0.3, 0.4) is 0 Å². The highest BCUT2D eigenvalue weighted by Gasteiger charge is 2.12. The maximum atomic E-state index is 12.7. The second-order valence-corrected chi connectivity index (χ2v) is 3.24. The van der Waals surface area contributed by atoms with Crippen LogP contribution in [-0.4, -0.2) is 6.61 Å². The molecule has 72 valence electrons. The lowest BCUT2D eigenvalue weighted by molar-refractivity contribution is -0.0523. The fourth-order valence-corrected chi connectivity index (χ4v) is 1.13. The lowest BCUT2D eigenvalue weighted by Crippen LogP contribution is -2.04. The van der Waals surface area contributed by atoms with E-state index in [1.54, 1.807) is 22.6 Å². The van der Waals surface area contributed by atoms with Crippen molar-refractivity contribution in [1.29, 1.82) is 0 Å². The molecule has 1 aromatic carbocycles. The highest BCUT2D eigenvalue weighted by Crippen LogP contribution is 2.24. The summed E-state index contributed by atoms with van der Waals surface area (Å²) in [7, 11) is 0. The molecule has 1 rings (SSSR count). The molecule has 1 aromatic rings. The Kier molecular flexibility index (Phi) is 3.34. The molecule has 13 heavy (non-hydrogen) atoms. The van der Waals surface area contributed by atoms with Crippen molar-refractivity contribution in [1.82, 2.24) is 0 Å². The van der Waals surface area contributed by atoms with Gasteiger partial charge in [-0.3, -0.25) is 0 Å². The molecular weight excluding hydrogens is 303 g/mol. The van der Waals surface area contributed by atoms with Gasteiger partial charge in [-0.05, 0) is 28.7 Å². The molecule has 0 radical (unpaired) electrons. The number of alkyl halides is 2. The minimum absolute atomic E-state index is 0.0228. The molecule has 0 N–H and O–H groups in total. The Labute approximate surface area is 84.8 Å².